The molecule has 0 aliphatic carbocycles. The number of thiophene rings is 1. The number of nitrogens with zero attached hydrogens (tertiary/aromatic N) is 1. The van der Waals surface area contributed by atoms with Crippen LogP contribution >= 0.6 is 11.3 Å². The number of benzene rings is 1. The number of amides is 1. The Morgan fingerprint density at radius 1 is 1.18 bits per heavy atom. The first kappa shape index (κ1) is 14.7. The normalized spacial score (nSPS) is 17.0. The molecule has 1 aliphatic heterocycles. The first-order chi connectivity index (χ1) is 10.5. The van der Waals surface area contributed by atoms with Gasteiger partial charge >= 0.3 is 0 Å². The average Bonchev–Trinajstić information content (AvgIpc) is 2.95. The van der Waals surface area contributed by atoms with Gasteiger partial charge in [-0.2, -0.15) is 0 Å². The van der Waals surface area contributed by atoms with Gasteiger partial charge in [-0.1, -0.05) is 0 Å². The van der Waals surface area contributed by atoms with Crippen LogP contribution in [0.3, 0.4) is 0 Å². The van der Waals surface area contributed by atoms with E-state index in [0.29, 0.717) is 17.1 Å². The van der Waals surface area contributed by atoms with E-state index < -0.39 is 0 Å². The number of hydrogen-bond acceptors (Lipinski definition) is 5. The molecule has 0 fully saturated rings. The quantitative estimate of drug-likeness (QED) is 0.943. The number of nitrogens with one attached hydrogen (secondary N) is 1. The molecule has 0 saturated heterocycles. The van der Waals surface area contributed by atoms with Crippen LogP contribution in [0.15, 0.2) is 24.3 Å². The maximum Gasteiger partial charge on any atom is 0.257 e. The predicted molar refractivity (Wildman–Crippen MR) is 87.1 cm³/mol. The molecule has 1 amide bonds. The van der Waals surface area contributed by atoms with Crippen LogP contribution in [0.1, 0.15) is 26.3 Å². The molecule has 22 heavy (non-hydrogen) atoms. The molecule has 1 aromatic heterocycles. The van der Waals surface area contributed by atoms with Crippen LogP contribution in [0.2, 0.25) is 0 Å². The Morgan fingerprint density at radius 3 is 2.45 bits per heavy atom. The number of fused-ring (bicyclic) bond motifs is 1. The van der Waals surface area contributed by atoms with Crippen LogP contribution in [0, 0.1) is 6.92 Å². The maximum atomic E-state index is 12.7. The first-order valence-corrected chi connectivity index (χ1v) is 7.73. The molecule has 0 radical (unpaired) electrons. The molecule has 0 bridgehead atoms. The van der Waals surface area contributed by atoms with Gasteiger partial charge in [-0.15, -0.1) is 11.3 Å². The molecule has 2 aromatic rings. The topological polar surface area (TPSA) is 50.8 Å². The fourth-order valence-electron chi connectivity index (χ4n) is 2.59. The third-order valence-electron chi connectivity index (χ3n) is 3.78. The third-order valence-corrected chi connectivity index (χ3v) is 4.84. The second kappa shape index (κ2) is 5.53. The van der Waals surface area contributed by atoms with Gasteiger partial charge in [0.2, 0.25) is 0 Å². The monoisotopic (exact) mass is 318 g/mol. The maximum absolute atomic E-state index is 12.7. The van der Waals surface area contributed by atoms with Crippen molar-refractivity contribution in [3.05, 3.63) is 39.6 Å². The number of ether oxygens (including phenoxy) is 2. The second-order valence-corrected chi connectivity index (χ2v) is 6.48. The average molecular weight is 318 g/mol. The zero-order chi connectivity index (χ0) is 15.9. The molecule has 1 aliphatic rings. The van der Waals surface area contributed by atoms with E-state index in [1.54, 1.807) is 43.6 Å². The molecule has 116 valence electrons. The van der Waals surface area contributed by atoms with Crippen LogP contribution in [0.25, 0.3) is 0 Å². The number of hydrogen-bond donors (Lipinski definition) is 1. The van der Waals surface area contributed by atoms with Crippen molar-refractivity contribution in [1.82, 2.24) is 4.90 Å². The fourth-order valence-corrected chi connectivity index (χ4v) is 3.56. The molecule has 1 atom stereocenters. The Morgan fingerprint density at radius 2 is 1.86 bits per heavy atom. The largest absolute Gasteiger partial charge is 0.493 e. The highest BCUT2D eigenvalue weighted by Gasteiger charge is 2.32. The summed E-state index contributed by atoms with van der Waals surface area (Å²) < 4.78 is 10.6. The minimum Gasteiger partial charge on any atom is -0.493 e. The van der Waals surface area contributed by atoms with Crippen LogP contribution in [-0.2, 0) is 0 Å². The second-order valence-electron chi connectivity index (χ2n) is 5.16. The van der Waals surface area contributed by atoms with E-state index in [2.05, 4.69) is 18.3 Å². The highest BCUT2D eigenvalue weighted by Crippen LogP contribution is 2.40. The number of carbonyl (C=O) groups excluding carboxylic acids is 1. The van der Waals surface area contributed by atoms with Crippen LogP contribution in [0.4, 0.5) is 5.69 Å². The molecule has 1 aromatic carbocycles. The summed E-state index contributed by atoms with van der Waals surface area (Å²) in [4.78, 5) is 16.7. The Kier molecular flexibility index (Phi) is 3.70. The first-order valence-electron chi connectivity index (χ1n) is 6.91. The van der Waals surface area contributed by atoms with Gasteiger partial charge in [0.1, 0.15) is 6.17 Å². The Labute approximate surface area is 133 Å². The van der Waals surface area contributed by atoms with Gasteiger partial charge in [-0.25, -0.2) is 0 Å². The highest BCUT2D eigenvalue weighted by atomic mass is 32.1. The number of rotatable bonds is 3. The van der Waals surface area contributed by atoms with E-state index in [9.17, 15) is 4.79 Å². The lowest BCUT2D eigenvalue weighted by molar-refractivity contribution is 0.0737. The minimum absolute atomic E-state index is 0.0363. The van der Waals surface area contributed by atoms with Gasteiger partial charge in [0.25, 0.3) is 5.91 Å². The van der Waals surface area contributed by atoms with Crippen molar-refractivity contribution in [2.75, 3.05) is 26.6 Å². The molecular weight excluding hydrogens is 300 g/mol. The standard InChI is InChI=1S/C16H18N2O3S/c1-9-5-6-14(22-9)15-17-11-8-13(21-4)12(20-3)7-10(11)16(19)18(15)2/h5-8,15,17H,1-4H3/t15-/m0/s1. The van der Waals surface area contributed by atoms with Crippen molar-refractivity contribution in [1.29, 1.82) is 0 Å². The van der Waals surface area contributed by atoms with Crippen LogP contribution in [0.5, 0.6) is 11.5 Å². The number of methoxy groups -OCH3 is 2. The van der Waals surface area contributed by atoms with E-state index in [0.717, 1.165) is 10.6 Å². The molecule has 2 heterocycles. The van der Waals surface area contributed by atoms with Gasteiger partial charge in [0.15, 0.2) is 11.5 Å². The van der Waals surface area contributed by atoms with Crippen molar-refractivity contribution in [3.63, 3.8) is 0 Å². The molecule has 3 rings (SSSR count). The zero-order valence-corrected chi connectivity index (χ0v) is 13.8. The van der Waals surface area contributed by atoms with Crippen molar-refractivity contribution in [2.24, 2.45) is 0 Å². The smallest absolute Gasteiger partial charge is 0.257 e. The third kappa shape index (κ3) is 2.29. The van der Waals surface area contributed by atoms with Crippen LogP contribution < -0.4 is 14.8 Å². The van der Waals surface area contributed by atoms with Crippen molar-refractivity contribution < 1.29 is 14.3 Å². The zero-order valence-electron chi connectivity index (χ0n) is 13.0. The molecule has 0 spiro atoms. The number of carbonyl (C=O) groups is 1. The van der Waals surface area contributed by atoms with Crippen molar-refractivity contribution in [2.45, 2.75) is 13.1 Å². The van der Waals surface area contributed by atoms with E-state index in [-0.39, 0.29) is 12.1 Å². The summed E-state index contributed by atoms with van der Waals surface area (Å²) in [7, 11) is 4.95. The summed E-state index contributed by atoms with van der Waals surface area (Å²) >= 11 is 1.68. The lowest BCUT2D eigenvalue weighted by Crippen LogP contribution is -2.39. The van der Waals surface area contributed by atoms with Crippen LogP contribution in [-0.4, -0.2) is 32.1 Å². The van der Waals surface area contributed by atoms with Gasteiger partial charge in [-0.3, -0.25) is 4.79 Å². The molecular formula is C16H18N2O3S. The number of aryl methyl sites for hydroxylation is 1. The van der Waals surface area contributed by atoms with E-state index in [1.807, 2.05) is 12.1 Å². The molecule has 5 nitrogen and oxygen atoms in total. The van der Waals surface area contributed by atoms with Gasteiger partial charge < -0.3 is 19.7 Å². The summed E-state index contributed by atoms with van der Waals surface area (Å²) in [5, 5.41) is 3.41. The van der Waals surface area contributed by atoms with Gasteiger partial charge in [0, 0.05) is 22.9 Å². The van der Waals surface area contributed by atoms with Crippen molar-refractivity contribution >= 4 is 22.9 Å². The fraction of sp³-hybridized carbons (Fsp3) is 0.312. The Balaban J connectivity index is 2.05. The predicted octanol–water partition coefficient (Wildman–Crippen LogP) is 3.27. The van der Waals surface area contributed by atoms with Crippen molar-refractivity contribution in [3.8, 4) is 11.5 Å². The lowest BCUT2D eigenvalue weighted by atomic mass is 10.1. The van der Waals surface area contributed by atoms with E-state index in [4.69, 9.17) is 9.47 Å². The molecule has 0 saturated carbocycles. The summed E-state index contributed by atoms with van der Waals surface area (Å²) in [5.74, 6) is 1.12. The van der Waals surface area contributed by atoms with Gasteiger partial charge in [-0.05, 0) is 25.1 Å². The minimum atomic E-state index is -0.170. The highest BCUT2D eigenvalue weighted by molar-refractivity contribution is 7.12. The van der Waals surface area contributed by atoms with E-state index in [1.165, 1.54) is 4.88 Å². The molecule has 0 unspecified atom stereocenters. The molecule has 1 N–H and O–H groups in total. The van der Waals surface area contributed by atoms with E-state index >= 15 is 0 Å². The Bertz CT molecular complexity index is 726. The Hall–Kier alpha value is -2.21. The lowest BCUT2D eigenvalue weighted by Gasteiger charge is -2.35. The summed E-state index contributed by atoms with van der Waals surface area (Å²) in [5.41, 5.74) is 1.35. The van der Waals surface area contributed by atoms with Gasteiger partial charge in [0.05, 0.1) is 25.5 Å². The summed E-state index contributed by atoms with van der Waals surface area (Å²) in [6.07, 6.45) is -0.170. The molecule has 6 heteroatoms. The summed E-state index contributed by atoms with van der Waals surface area (Å²) in [6, 6.07) is 7.64. The number of anilines is 1. The summed E-state index contributed by atoms with van der Waals surface area (Å²) in [6.45, 7) is 2.06. The SMILES string of the molecule is COc1cc2c(cc1OC)C(=O)N(C)[C@@H](c1ccc(C)s1)N2.